The number of anilines is 1. The van der Waals surface area contributed by atoms with Crippen LogP contribution in [0.1, 0.15) is 10.4 Å². The van der Waals surface area contributed by atoms with Crippen molar-refractivity contribution in [1.29, 1.82) is 0 Å². The molecule has 0 unspecified atom stereocenters. The van der Waals surface area contributed by atoms with Gasteiger partial charge in [-0.1, -0.05) is 11.6 Å². The molecule has 0 fully saturated rings. The number of hydrogen-bond donors (Lipinski definition) is 1. The van der Waals surface area contributed by atoms with E-state index in [1.165, 1.54) is 31.8 Å². The van der Waals surface area contributed by atoms with Crippen LogP contribution in [-0.4, -0.2) is 23.0 Å². The standard InChI is InChI=1S/C12H10ClN3O3/c1-18-12(17)9-3-11(16-6-10(9)14)19-8-2-7(13)4-15-5-8/h2-6H,14H2,1H3. The summed E-state index contributed by atoms with van der Waals surface area (Å²) >= 11 is 5.78. The molecule has 2 N–H and O–H groups in total. The van der Waals surface area contributed by atoms with Crippen molar-refractivity contribution in [2.75, 3.05) is 12.8 Å². The second-order valence-electron chi connectivity index (χ2n) is 3.54. The number of nitrogens with zero attached hydrogens (tertiary/aromatic N) is 2. The lowest BCUT2D eigenvalue weighted by atomic mass is 10.2. The number of halogens is 1. The van der Waals surface area contributed by atoms with Crippen molar-refractivity contribution in [1.82, 2.24) is 9.97 Å². The van der Waals surface area contributed by atoms with Gasteiger partial charge in [-0.15, -0.1) is 0 Å². The number of methoxy groups -OCH3 is 1. The summed E-state index contributed by atoms with van der Waals surface area (Å²) in [5.74, 6) is 0.0354. The maximum Gasteiger partial charge on any atom is 0.340 e. The van der Waals surface area contributed by atoms with Crippen molar-refractivity contribution in [3.8, 4) is 11.6 Å². The molecule has 2 heterocycles. The van der Waals surface area contributed by atoms with Crippen LogP contribution in [0.4, 0.5) is 5.69 Å². The Balaban J connectivity index is 2.29. The molecule has 0 aliphatic rings. The highest BCUT2D eigenvalue weighted by molar-refractivity contribution is 6.30. The van der Waals surface area contributed by atoms with E-state index in [0.29, 0.717) is 10.8 Å². The number of pyridine rings is 2. The summed E-state index contributed by atoms with van der Waals surface area (Å²) in [6.07, 6.45) is 4.27. The molecule has 0 amide bonds. The third kappa shape index (κ3) is 3.11. The van der Waals surface area contributed by atoms with Gasteiger partial charge in [0.2, 0.25) is 5.88 Å². The number of aromatic nitrogens is 2. The molecule has 0 atom stereocenters. The molecule has 6 nitrogen and oxygen atoms in total. The fourth-order valence-electron chi connectivity index (χ4n) is 1.36. The highest BCUT2D eigenvalue weighted by atomic mass is 35.5. The number of esters is 1. The highest BCUT2D eigenvalue weighted by Gasteiger charge is 2.12. The topological polar surface area (TPSA) is 87.3 Å². The summed E-state index contributed by atoms with van der Waals surface area (Å²) in [6, 6.07) is 2.96. The van der Waals surface area contributed by atoms with Crippen LogP contribution in [0.25, 0.3) is 0 Å². The van der Waals surface area contributed by atoms with Gasteiger partial charge in [-0.05, 0) is 0 Å². The molecule has 0 aliphatic heterocycles. The van der Waals surface area contributed by atoms with Crippen molar-refractivity contribution in [2.24, 2.45) is 0 Å². The number of carbonyl (C=O) groups excluding carboxylic acids is 1. The van der Waals surface area contributed by atoms with Gasteiger partial charge in [0.25, 0.3) is 0 Å². The van der Waals surface area contributed by atoms with Crippen LogP contribution in [0.3, 0.4) is 0 Å². The predicted octanol–water partition coefficient (Wildman–Crippen LogP) is 2.29. The second kappa shape index (κ2) is 5.53. The van der Waals surface area contributed by atoms with Gasteiger partial charge in [-0.3, -0.25) is 4.98 Å². The quantitative estimate of drug-likeness (QED) is 0.867. The van der Waals surface area contributed by atoms with Crippen LogP contribution < -0.4 is 10.5 Å². The van der Waals surface area contributed by atoms with Gasteiger partial charge in [-0.2, -0.15) is 0 Å². The summed E-state index contributed by atoms with van der Waals surface area (Å²) in [6.45, 7) is 0. The average Bonchev–Trinajstić information content (AvgIpc) is 2.40. The maximum atomic E-state index is 11.5. The first-order valence-corrected chi connectivity index (χ1v) is 5.60. The van der Waals surface area contributed by atoms with Crippen LogP contribution in [0, 0.1) is 0 Å². The van der Waals surface area contributed by atoms with E-state index in [0.717, 1.165) is 0 Å². The maximum absolute atomic E-state index is 11.5. The minimum absolute atomic E-state index is 0.183. The monoisotopic (exact) mass is 279 g/mol. The first kappa shape index (κ1) is 13.1. The smallest absolute Gasteiger partial charge is 0.340 e. The first-order chi connectivity index (χ1) is 9.10. The van der Waals surface area contributed by atoms with E-state index < -0.39 is 5.97 Å². The fraction of sp³-hybridized carbons (Fsp3) is 0.0833. The Kier molecular flexibility index (Phi) is 3.82. The summed E-state index contributed by atoms with van der Waals surface area (Å²) < 4.78 is 10.0. The van der Waals surface area contributed by atoms with E-state index in [1.54, 1.807) is 6.07 Å². The normalized spacial score (nSPS) is 10.0. The molecule has 98 valence electrons. The van der Waals surface area contributed by atoms with Crippen molar-refractivity contribution >= 4 is 23.3 Å². The molecular weight excluding hydrogens is 270 g/mol. The third-order valence-corrected chi connectivity index (χ3v) is 2.42. The van der Waals surface area contributed by atoms with E-state index in [-0.39, 0.29) is 17.1 Å². The minimum atomic E-state index is -0.561. The van der Waals surface area contributed by atoms with Gasteiger partial charge in [0.1, 0.15) is 5.75 Å². The summed E-state index contributed by atoms with van der Waals surface area (Å²) in [5, 5.41) is 0.432. The Labute approximate surface area is 114 Å². The van der Waals surface area contributed by atoms with Gasteiger partial charge in [0, 0.05) is 18.3 Å². The Hall–Kier alpha value is -2.34. The van der Waals surface area contributed by atoms with Gasteiger partial charge in [0.05, 0.1) is 35.8 Å². The SMILES string of the molecule is COC(=O)c1cc(Oc2cncc(Cl)c2)ncc1N. The lowest BCUT2D eigenvalue weighted by Crippen LogP contribution is -2.06. The molecule has 0 aliphatic carbocycles. The molecule has 2 aromatic rings. The molecule has 2 aromatic heterocycles. The number of nitrogen functional groups attached to an aromatic ring is 1. The molecule has 0 radical (unpaired) electrons. The van der Waals surface area contributed by atoms with E-state index >= 15 is 0 Å². The van der Waals surface area contributed by atoms with Crippen LogP contribution in [0.5, 0.6) is 11.6 Å². The minimum Gasteiger partial charge on any atom is -0.465 e. The molecule has 0 spiro atoms. The van der Waals surface area contributed by atoms with Crippen molar-refractivity contribution in [3.63, 3.8) is 0 Å². The van der Waals surface area contributed by atoms with Crippen LogP contribution >= 0.6 is 11.6 Å². The van der Waals surface area contributed by atoms with Gasteiger partial charge < -0.3 is 15.2 Å². The average molecular weight is 280 g/mol. The van der Waals surface area contributed by atoms with Crippen LogP contribution in [0.15, 0.2) is 30.7 Å². The summed E-state index contributed by atoms with van der Waals surface area (Å²) in [5.41, 5.74) is 6.03. The van der Waals surface area contributed by atoms with E-state index in [2.05, 4.69) is 14.7 Å². The number of nitrogens with two attached hydrogens (primary N) is 1. The zero-order valence-electron chi connectivity index (χ0n) is 9.96. The Morgan fingerprint density at radius 3 is 2.79 bits per heavy atom. The lowest BCUT2D eigenvalue weighted by molar-refractivity contribution is 0.0601. The Morgan fingerprint density at radius 1 is 1.32 bits per heavy atom. The van der Waals surface area contributed by atoms with Crippen molar-refractivity contribution in [2.45, 2.75) is 0 Å². The van der Waals surface area contributed by atoms with E-state index in [1.807, 2.05) is 0 Å². The first-order valence-electron chi connectivity index (χ1n) is 5.22. The molecule has 0 bridgehead atoms. The van der Waals surface area contributed by atoms with Crippen LogP contribution in [-0.2, 0) is 4.74 Å². The van der Waals surface area contributed by atoms with E-state index in [4.69, 9.17) is 22.1 Å². The largest absolute Gasteiger partial charge is 0.465 e. The van der Waals surface area contributed by atoms with Crippen molar-refractivity contribution < 1.29 is 14.3 Å². The molecule has 0 saturated carbocycles. The molecule has 0 aromatic carbocycles. The third-order valence-electron chi connectivity index (χ3n) is 2.22. The molecule has 19 heavy (non-hydrogen) atoms. The molecular formula is C12H10ClN3O3. The molecule has 7 heteroatoms. The number of ether oxygens (including phenoxy) is 2. The zero-order valence-corrected chi connectivity index (χ0v) is 10.7. The summed E-state index contributed by atoms with van der Waals surface area (Å²) in [7, 11) is 1.27. The highest BCUT2D eigenvalue weighted by Crippen LogP contribution is 2.24. The fourth-order valence-corrected chi connectivity index (χ4v) is 1.52. The second-order valence-corrected chi connectivity index (χ2v) is 3.98. The number of hydrogen-bond acceptors (Lipinski definition) is 6. The van der Waals surface area contributed by atoms with Gasteiger partial charge in [0.15, 0.2) is 0 Å². The predicted molar refractivity (Wildman–Crippen MR) is 69.3 cm³/mol. The Bertz CT molecular complexity index is 619. The number of carbonyl (C=O) groups is 1. The van der Waals surface area contributed by atoms with E-state index in [9.17, 15) is 4.79 Å². The Morgan fingerprint density at radius 2 is 2.11 bits per heavy atom. The molecule has 0 saturated heterocycles. The number of rotatable bonds is 3. The lowest BCUT2D eigenvalue weighted by Gasteiger charge is -2.07. The zero-order chi connectivity index (χ0) is 13.8. The van der Waals surface area contributed by atoms with Crippen LogP contribution in [0.2, 0.25) is 5.02 Å². The van der Waals surface area contributed by atoms with Crippen molar-refractivity contribution in [3.05, 3.63) is 41.3 Å². The summed E-state index contributed by atoms with van der Waals surface area (Å²) in [4.78, 5) is 19.3. The van der Waals surface area contributed by atoms with Gasteiger partial charge in [-0.25, -0.2) is 9.78 Å². The van der Waals surface area contributed by atoms with Gasteiger partial charge >= 0.3 is 5.97 Å². The molecule has 2 rings (SSSR count).